The zero-order chi connectivity index (χ0) is 19.8. The molecule has 3 heteroatoms. The molecule has 0 fully saturated rings. The van der Waals surface area contributed by atoms with Crippen LogP contribution in [0, 0.1) is 26.6 Å². The van der Waals surface area contributed by atoms with Gasteiger partial charge in [-0.15, -0.1) is 0 Å². The predicted molar refractivity (Wildman–Crippen MR) is 112 cm³/mol. The standard InChI is InChI=1S/C24H27FN2/c1-16-13-21(9-12-23(16)25)26-15-19-14-17(2)27(18(19)3)22-10-7-20(8-11-22)24(4,5)6/h7-15H,1-6H3. The summed E-state index contributed by atoms with van der Waals surface area (Å²) in [6.45, 7) is 12.6. The van der Waals surface area contributed by atoms with E-state index in [1.165, 1.54) is 11.6 Å². The first-order valence-corrected chi connectivity index (χ1v) is 9.27. The fraction of sp³-hybridized carbons (Fsp3) is 0.292. The van der Waals surface area contributed by atoms with Crippen molar-refractivity contribution in [2.45, 2.75) is 47.0 Å². The summed E-state index contributed by atoms with van der Waals surface area (Å²) in [4.78, 5) is 4.53. The molecule has 0 aliphatic rings. The molecule has 0 aliphatic heterocycles. The van der Waals surface area contributed by atoms with Crippen molar-refractivity contribution in [3.63, 3.8) is 0 Å². The lowest BCUT2D eigenvalue weighted by molar-refractivity contribution is 0.590. The van der Waals surface area contributed by atoms with Gasteiger partial charge >= 0.3 is 0 Å². The van der Waals surface area contributed by atoms with Crippen LogP contribution in [0.3, 0.4) is 0 Å². The maximum absolute atomic E-state index is 13.4. The molecule has 0 amide bonds. The van der Waals surface area contributed by atoms with Crippen LogP contribution in [0.25, 0.3) is 5.69 Å². The van der Waals surface area contributed by atoms with Gasteiger partial charge in [-0.05, 0) is 73.7 Å². The Balaban J connectivity index is 1.92. The molecular weight excluding hydrogens is 335 g/mol. The molecule has 0 unspecified atom stereocenters. The van der Waals surface area contributed by atoms with Gasteiger partial charge < -0.3 is 4.57 Å². The molecule has 0 atom stereocenters. The van der Waals surface area contributed by atoms with Gasteiger partial charge in [0.1, 0.15) is 5.82 Å². The lowest BCUT2D eigenvalue weighted by atomic mass is 9.87. The Morgan fingerprint density at radius 2 is 1.59 bits per heavy atom. The van der Waals surface area contributed by atoms with E-state index in [0.29, 0.717) is 5.56 Å². The molecule has 3 rings (SSSR count). The summed E-state index contributed by atoms with van der Waals surface area (Å²) in [5.74, 6) is -0.203. The molecule has 0 spiro atoms. The second-order valence-electron chi connectivity index (χ2n) is 8.15. The molecule has 0 N–H and O–H groups in total. The highest BCUT2D eigenvalue weighted by Gasteiger charge is 2.14. The third-order valence-electron chi connectivity index (χ3n) is 4.96. The third kappa shape index (κ3) is 4.02. The Bertz CT molecular complexity index is 986. The van der Waals surface area contributed by atoms with E-state index >= 15 is 0 Å². The molecule has 0 aliphatic carbocycles. The van der Waals surface area contributed by atoms with Crippen LogP contribution in [0.4, 0.5) is 10.1 Å². The minimum Gasteiger partial charge on any atom is -0.318 e. The summed E-state index contributed by atoms with van der Waals surface area (Å²) < 4.78 is 15.7. The van der Waals surface area contributed by atoms with Gasteiger partial charge in [0.2, 0.25) is 0 Å². The fourth-order valence-electron chi connectivity index (χ4n) is 3.28. The van der Waals surface area contributed by atoms with Crippen LogP contribution < -0.4 is 0 Å². The smallest absolute Gasteiger partial charge is 0.126 e. The number of hydrogen-bond donors (Lipinski definition) is 0. The van der Waals surface area contributed by atoms with Crippen LogP contribution in [0.5, 0.6) is 0 Å². The highest BCUT2D eigenvalue weighted by Crippen LogP contribution is 2.26. The molecule has 140 valence electrons. The first-order valence-electron chi connectivity index (χ1n) is 9.27. The van der Waals surface area contributed by atoms with Crippen molar-refractivity contribution in [3.8, 4) is 5.69 Å². The van der Waals surface area contributed by atoms with E-state index in [1.807, 2.05) is 6.21 Å². The first-order chi connectivity index (χ1) is 12.7. The van der Waals surface area contributed by atoms with Gasteiger partial charge in [0.25, 0.3) is 0 Å². The van der Waals surface area contributed by atoms with Crippen LogP contribution in [-0.2, 0) is 5.41 Å². The minimum absolute atomic E-state index is 0.143. The fourth-order valence-corrected chi connectivity index (χ4v) is 3.28. The largest absolute Gasteiger partial charge is 0.318 e. The van der Waals surface area contributed by atoms with Crippen molar-refractivity contribution in [2.24, 2.45) is 4.99 Å². The van der Waals surface area contributed by atoms with E-state index in [0.717, 1.165) is 28.3 Å². The predicted octanol–water partition coefficient (Wildman–Crippen LogP) is 6.59. The Labute approximate surface area is 161 Å². The monoisotopic (exact) mass is 362 g/mol. The third-order valence-corrected chi connectivity index (χ3v) is 4.96. The number of rotatable bonds is 3. The number of halogens is 1. The average molecular weight is 362 g/mol. The lowest BCUT2D eigenvalue weighted by Crippen LogP contribution is -2.11. The number of nitrogens with zero attached hydrogens (tertiary/aromatic N) is 2. The molecule has 3 aromatic rings. The zero-order valence-electron chi connectivity index (χ0n) is 17.0. The lowest BCUT2D eigenvalue weighted by Gasteiger charge is -2.20. The Morgan fingerprint density at radius 1 is 0.926 bits per heavy atom. The maximum Gasteiger partial charge on any atom is 0.126 e. The molecule has 1 aromatic heterocycles. The Kier molecular flexibility index (Phi) is 5.05. The second kappa shape index (κ2) is 7.15. The van der Waals surface area contributed by atoms with Crippen molar-refractivity contribution in [3.05, 3.63) is 82.4 Å². The van der Waals surface area contributed by atoms with Crippen molar-refractivity contribution in [1.82, 2.24) is 4.57 Å². The summed E-state index contributed by atoms with van der Waals surface area (Å²) in [5, 5.41) is 0. The number of benzene rings is 2. The van der Waals surface area contributed by atoms with Crippen molar-refractivity contribution < 1.29 is 4.39 Å². The molecule has 0 radical (unpaired) electrons. The van der Waals surface area contributed by atoms with Crippen LogP contribution >= 0.6 is 0 Å². The van der Waals surface area contributed by atoms with Crippen molar-refractivity contribution in [1.29, 1.82) is 0 Å². The van der Waals surface area contributed by atoms with E-state index in [9.17, 15) is 4.39 Å². The highest BCUT2D eigenvalue weighted by molar-refractivity contribution is 5.84. The van der Waals surface area contributed by atoms with Crippen LogP contribution in [0.2, 0.25) is 0 Å². The molecule has 2 nitrogen and oxygen atoms in total. The van der Waals surface area contributed by atoms with E-state index in [-0.39, 0.29) is 11.2 Å². The van der Waals surface area contributed by atoms with Gasteiger partial charge in [-0.25, -0.2) is 4.39 Å². The zero-order valence-corrected chi connectivity index (χ0v) is 17.0. The van der Waals surface area contributed by atoms with E-state index in [1.54, 1.807) is 19.1 Å². The average Bonchev–Trinajstić information content (AvgIpc) is 2.89. The minimum atomic E-state index is -0.203. The molecule has 1 heterocycles. The van der Waals surface area contributed by atoms with E-state index < -0.39 is 0 Å². The van der Waals surface area contributed by atoms with Crippen molar-refractivity contribution >= 4 is 11.9 Å². The summed E-state index contributed by atoms with van der Waals surface area (Å²) >= 11 is 0. The number of aliphatic imine (C=N–C) groups is 1. The van der Waals surface area contributed by atoms with Gasteiger partial charge in [0, 0.05) is 28.9 Å². The Morgan fingerprint density at radius 3 is 2.19 bits per heavy atom. The van der Waals surface area contributed by atoms with Gasteiger partial charge in [0.05, 0.1) is 5.69 Å². The maximum atomic E-state index is 13.4. The number of aryl methyl sites for hydroxylation is 2. The summed E-state index contributed by atoms with van der Waals surface area (Å²) in [7, 11) is 0. The normalized spacial score (nSPS) is 12.1. The second-order valence-corrected chi connectivity index (χ2v) is 8.15. The summed E-state index contributed by atoms with van der Waals surface area (Å²) in [5.41, 5.74) is 7.34. The Hall–Kier alpha value is -2.68. The quantitative estimate of drug-likeness (QED) is 0.468. The highest BCUT2D eigenvalue weighted by atomic mass is 19.1. The van der Waals surface area contributed by atoms with Crippen molar-refractivity contribution in [2.75, 3.05) is 0 Å². The number of hydrogen-bond acceptors (Lipinski definition) is 1. The number of aromatic nitrogens is 1. The van der Waals surface area contributed by atoms with Crippen LogP contribution in [-0.4, -0.2) is 10.8 Å². The molecule has 27 heavy (non-hydrogen) atoms. The molecule has 0 saturated carbocycles. The topological polar surface area (TPSA) is 17.3 Å². The molecule has 0 saturated heterocycles. The van der Waals surface area contributed by atoms with Gasteiger partial charge in [0.15, 0.2) is 0 Å². The SMILES string of the molecule is Cc1cc(N=Cc2cc(C)n(-c3ccc(C(C)(C)C)cc3)c2C)ccc1F. The summed E-state index contributed by atoms with van der Waals surface area (Å²) in [6, 6.07) is 15.8. The molecule has 2 aromatic carbocycles. The molecular formula is C24H27FN2. The first kappa shape index (κ1) is 19.1. The van der Waals surface area contributed by atoms with E-state index in [4.69, 9.17) is 0 Å². The summed E-state index contributed by atoms with van der Waals surface area (Å²) in [6.07, 6.45) is 1.86. The molecule has 0 bridgehead atoms. The van der Waals surface area contributed by atoms with E-state index in [2.05, 4.69) is 74.5 Å². The van der Waals surface area contributed by atoms with Gasteiger partial charge in [-0.2, -0.15) is 0 Å². The van der Waals surface area contributed by atoms with Gasteiger partial charge in [-0.3, -0.25) is 4.99 Å². The van der Waals surface area contributed by atoms with Crippen LogP contribution in [0.15, 0.2) is 53.5 Å². The van der Waals surface area contributed by atoms with Crippen LogP contribution in [0.1, 0.15) is 48.8 Å². The van der Waals surface area contributed by atoms with Gasteiger partial charge in [-0.1, -0.05) is 32.9 Å².